The fourth-order valence-corrected chi connectivity index (χ4v) is 3.59. The molecule has 1 aromatic heterocycles. The highest BCUT2D eigenvalue weighted by Gasteiger charge is 2.21. The molecule has 2 aromatic carbocycles. The van der Waals surface area contributed by atoms with Crippen molar-refractivity contribution in [3.8, 4) is 5.69 Å². The number of aromatic nitrogens is 3. The number of nitrogens with zero attached hydrogens (tertiary/aromatic N) is 3. The van der Waals surface area contributed by atoms with Crippen LogP contribution >= 0.6 is 27.5 Å². The summed E-state index contributed by atoms with van der Waals surface area (Å²) in [5.74, 6) is 0. The van der Waals surface area contributed by atoms with Crippen molar-refractivity contribution in [1.82, 2.24) is 15.0 Å². The molecular formula is C17H17BrClN3. The molecule has 0 bridgehead atoms. The summed E-state index contributed by atoms with van der Waals surface area (Å²) in [5, 5.41) is 9.79. The molecule has 0 radical (unpaired) electrons. The van der Waals surface area contributed by atoms with Crippen LogP contribution in [-0.2, 0) is 5.41 Å². The van der Waals surface area contributed by atoms with Gasteiger partial charge >= 0.3 is 0 Å². The van der Waals surface area contributed by atoms with E-state index >= 15 is 0 Å². The maximum atomic E-state index is 6.03. The van der Waals surface area contributed by atoms with Crippen LogP contribution in [0.5, 0.6) is 0 Å². The van der Waals surface area contributed by atoms with Crippen LogP contribution in [0.4, 0.5) is 0 Å². The molecular weight excluding hydrogens is 362 g/mol. The lowest BCUT2D eigenvalue weighted by molar-refractivity contribution is 0.584. The van der Waals surface area contributed by atoms with Gasteiger partial charge in [-0.05, 0) is 63.7 Å². The van der Waals surface area contributed by atoms with Gasteiger partial charge in [-0.3, -0.25) is 0 Å². The average molecular weight is 379 g/mol. The lowest BCUT2D eigenvalue weighted by Gasteiger charge is -2.23. The van der Waals surface area contributed by atoms with Gasteiger partial charge in [-0.25, -0.2) is 0 Å². The van der Waals surface area contributed by atoms with Crippen molar-refractivity contribution in [3.05, 3.63) is 51.0 Å². The van der Waals surface area contributed by atoms with Crippen LogP contribution in [0.3, 0.4) is 0 Å². The van der Waals surface area contributed by atoms with E-state index in [0.717, 1.165) is 21.2 Å². The summed E-state index contributed by atoms with van der Waals surface area (Å²) in [4.78, 5) is 1.67. The zero-order valence-corrected chi connectivity index (χ0v) is 15.3. The first-order chi connectivity index (χ1) is 10.3. The summed E-state index contributed by atoms with van der Waals surface area (Å²) in [5.41, 5.74) is 5.02. The molecule has 5 heteroatoms. The number of aryl methyl sites for hydroxylation is 1. The molecule has 0 atom stereocenters. The van der Waals surface area contributed by atoms with Gasteiger partial charge in [0.15, 0.2) is 0 Å². The van der Waals surface area contributed by atoms with Crippen LogP contribution in [0.15, 0.2) is 34.8 Å². The molecule has 0 unspecified atom stereocenters. The van der Waals surface area contributed by atoms with Crippen molar-refractivity contribution in [3.63, 3.8) is 0 Å². The van der Waals surface area contributed by atoms with Crippen molar-refractivity contribution < 1.29 is 0 Å². The highest BCUT2D eigenvalue weighted by Crippen LogP contribution is 2.35. The first kappa shape index (κ1) is 15.5. The molecule has 1 heterocycles. The van der Waals surface area contributed by atoms with Crippen molar-refractivity contribution >= 4 is 38.6 Å². The van der Waals surface area contributed by atoms with Gasteiger partial charge < -0.3 is 0 Å². The minimum atomic E-state index is 0.0372. The Morgan fingerprint density at radius 2 is 1.73 bits per heavy atom. The van der Waals surface area contributed by atoms with E-state index in [0.29, 0.717) is 5.02 Å². The Kier molecular flexibility index (Phi) is 3.77. The van der Waals surface area contributed by atoms with Crippen LogP contribution in [0.1, 0.15) is 31.9 Å². The highest BCUT2D eigenvalue weighted by molar-refractivity contribution is 9.10. The largest absolute Gasteiger partial charge is 0.149 e. The van der Waals surface area contributed by atoms with Crippen LogP contribution in [0.25, 0.3) is 16.7 Å². The Morgan fingerprint density at radius 3 is 2.41 bits per heavy atom. The van der Waals surface area contributed by atoms with Gasteiger partial charge in [0.05, 0.1) is 0 Å². The monoisotopic (exact) mass is 377 g/mol. The Bertz CT molecular complexity index is 862. The summed E-state index contributed by atoms with van der Waals surface area (Å²) in [7, 11) is 0. The average Bonchev–Trinajstić information content (AvgIpc) is 2.82. The molecule has 3 aromatic rings. The molecule has 0 amide bonds. The van der Waals surface area contributed by atoms with Gasteiger partial charge in [-0.2, -0.15) is 0 Å². The Balaban J connectivity index is 2.24. The maximum Gasteiger partial charge on any atom is 0.115 e. The van der Waals surface area contributed by atoms with E-state index in [9.17, 15) is 0 Å². The van der Waals surface area contributed by atoms with Gasteiger partial charge in [0.1, 0.15) is 16.7 Å². The standard InChI is InChI=1S/C17H17BrClN3/c1-10-7-12(17(2,3)4)16(18)15(8-10)22-20-13-6-5-11(19)9-14(13)21-22/h5-9H,1-4H3. The maximum absolute atomic E-state index is 6.03. The lowest BCUT2D eigenvalue weighted by Crippen LogP contribution is -2.14. The predicted octanol–water partition coefficient (Wildman–Crippen LogP) is 5.44. The van der Waals surface area contributed by atoms with Crippen LogP contribution in [0.2, 0.25) is 5.02 Å². The fourth-order valence-electron chi connectivity index (χ4n) is 2.44. The van der Waals surface area contributed by atoms with Crippen LogP contribution in [-0.4, -0.2) is 15.0 Å². The van der Waals surface area contributed by atoms with Gasteiger partial charge in [0.2, 0.25) is 0 Å². The molecule has 0 N–H and O–H groups in total. The third-order valence-corrected chi connectivity index (χ3v) is 4.63. The molecule has 0 saturated carbocycles. The number of hydrogen-bond acceptors (Lipinski definition) is 2. The number of fused-ring (bicyclic) bond motifs is 1. The van der Waals surface area contributed by atoms with Gasteiger partial charge in [-0.1, -0.05) is 38.4 Å². The predicted molar refractivity (Wildman–Crippen MR) is 95.0 cm³/mol. The molecule has 22 heavy (non-hydrogen) atoms. The summed E-state index contributed by atoms with van der Waals surface area (Å²) >= 11 is 9.76. The van der Waals surface area contributed by atoms with E-state index < -0.39 is 0 Å². The first-order valence-corrected chi connectivity index (χ1v) is 8.26. The number of halogens is 2. The molecule has 0 spiro atoms. The quantitative estimate of drug-likeness (QED) is 0.564. The Labute approximate surface area is 143 Å². The lowest BCUT2D eigenvalue weighted by atomic mass is 9.86. The molecule has 114 valence electrons. The van der Waals surface area contributed by atoms with E-state index in [-0.39, 0.29) is 5.41 Å². The molecule has 3 rings (SSSR count). The normalized spacial score (nSPS) is 12.1. The minimum absolute atomic E-state index is 0.0372. The summed E-state index contributed by atoms with van der Waals surface area (Å²) in [6.07, 6.45) is 0. The van der Waals surface area contributed by atoms with E-state index in [1.807, 2.05) is 18.2 Å². The molecule has 0 fully saturated rings. The van der Waals surface area contributed by atoms with E-state index in [4.69, 9.17) is 11.6 Å². The molecule has 0 saturated heterocycles. The van der Waals surface area contributed by atoms with Crippen molar-refractivity contribution in [1.29, 1.82) is 0 Å². The van der Waals surface area contributed by atoms with Crippen molar-refractivity contribution in [2.75, 3.05) is 0 Å². The van der Waals surface area contributed by atoms with Crippen molar-refractivity contribution in [2.24, 2.45) is 0 Å². The molecule has 3 nitrogen and oxygen atoms in total. The second kappa shape index (κ2) is 5.36. The van der Waals surface area contributed by atoms with Gasteiger partial charge in [-0.15, -0.1) is 15.0 Å². The number of rotatable bonds is 1. The molecule has 0 aliphatic heterocycles. The Morgan fingerprint density at radius 1 is 1.05 bits per heavy atom. The smallest absolute Gasteiger partial charge is 0.115 e. The van der Waals surface area contributed by atoms with Gasteiger partial charge in [0.25, 0.3) is 0 Å². The van der Waals surface area contributed by atoms with E-state index in [2.05, 4.69) is 66.0 Å². The topological polar surface area (TPSA) is 30.7 Å². The molecule has 0 aliphatic carbocycles. The SMILES string of the molecule is Cc1cc(-n2nc3ccc(Cl)cc3n2)c(Br)c(C(C)(C)C)c1. The zero-order valence-electron chi connectivity index (χ0n) is 13.0. The number of benzene rings is 2. The van der Waals surface area contributed by atoms with E-state index in [1.165, 1.54) is 11.1 Å². The zero-order chi connectivity index (χ0) is 16.1. The Hall–Kier alpha value is -1.39. The highest BCUT2D eigenvalue weighted by atomic mass is 79.9. The number of hydrogen-bond donors (Lipinski definition) is 0. The van der Waals surface area contributed by atoms with Crippen LogP contribution < -0.4 is 0 Å². The third-order valence-electron chi connectivity index (χ3n) is 3.56. The van der Waals surface area contributed by atoms with Crippen molar-refractivity contribution in [2.45, 2.75) is 33.1 Å². The molecule has 0 aliphatic rings. The first-order valence-electron chi connectivity index (χ1n) is 7.09. The summed E-state index contributed by atoms with van der Waals surface area (Å²) < 4.78 is 1.03. The third kappa shape index (κ3) is 2.77. The minimum Gasteiger partial charge on any atom is -0.149 e. The van der Waals surface area contributed by atoms with Gasteiger partial charge in [0, 0.05) is 9.50 Å². The summed E-state index contributed by atoms with van der Waals surface area (Å²) in [6.45, 7) is 8.68. The van der Waals surface area contributed by atoms with Crippen LogP contribution in [0, 0.1) is 6.92 Å². The second-order valence-corrected chi connectivity index (χ2v) is 7.75. The second-order valence-electron chi connectivity index (χ2n) is 6.52. The fraction of sp³-hybridized carbons (Fsp3) is 0.294. The summed E-state index contributed by atoms with van der Waals surface area (Å²) in [6, 6.07) is 9.83. The van der Waals surface area contributed by atoms with E-state index in [1.54, 1.807) is 4.80 Å².